The van der Waals surface area contributed by atoms with Gasteiger partial charge in [-0.25, -0.2) is 9.79 Å². The van der Waals surface area contributed by atoms with Gasteiger partial charge in [0.25, 0.3) is 5.91 Å². The third kappa shape index (κ3) is 2.54. The Hall–Kier alpha value is -1.85. The van der Waals surface area contributed by atoms with Gasteiger partial charge in [-0.2, -0.15) is 0 Å². The first-order chi connectivity index (χ1) is 11.1. The molecule has 2 fully saturated rings. The van der Waals surface area contributed by atoms with E-state index in [0.717, 1.165) is 25.2 Å². The molecule has 6 heteroatoms. The largest absolute Gasteiger partial charge is 0.345 e. The molecule has 2 aliphatic heterocycles. The molecule has 2 heterocycles. The number of hydrogen-bond donors (Lipinski definition) is 0. The summed E-state index contributed by atoms with van der Waals surface area (Å²) in [6, 6.07) is -0.652. The SMILES string of the molecule is C=CCN1C(=O)N(C)C(=O)C2C1N=C(C1CCCCC1)N2CC. The van der Waals surface area contributed by atoms with Gasteiger partial charge < -0.3 is 4.90 Å². The predicted molar refractivity (Wildman–Crippen MR) is 89.0 cm³/mol. The number of carbonyl (C=O) groups is 2. The lowest BCUT2D eigenvalue weighted by Crippen LogP contribution is -2.65. The normalized spacial score (nSPS) is 29.0. The molecule has 1 saturated heterocycles. The highest BCUT2D eigenvalue weighted by molar-refractivity contribution is 6.04. The van der Waals surface area contributed by atoms with Gasteiger partial charge in [0, 0.05) is 26.1 Å². The molecule has 0 aromatic carbocycles. The van der Waals surface area contributed by atoms with Gasteiger partial charge in [-0.1, -0.05) is 25.3 Å². The maximum atomic E-state index is 12.7. The summed E-state index contributed by atoms with van der Waals surface area (Å²) in [5, 5.41) is 0. The highest BCUT2D eigenvalue weighted by Gasteiger charge is 2.52. The van der Waals surface area contributed by atoms with Gasteiger partial charge in [0.15, 0.2) is 12.2 Å². The van der Waals surface area contributed by atoms with Crippen molar-refractivity contribution in [3.05, 3.63) is 12.7 Å². The van der Waals surface area contributed by atoms with Gasteiger partial charge in [-0.3, -0.25) is 14.6 Å². The fraction of sp³-hybridized carbons (Fsp3) is 0.706. The summed E-state index contributed by atoms with van der Waals surface area (Å²) < 4.78 is 0. The van der Waals surface area contributed by atoms with Gasteiger partial charge in [0.05, 0.1) is 0 Å². The van der Waals surface area contributed by atoms with Crippen molar-refractivity contribution in [2.75, 3.05) is 20.1 Å². The molecule has 6 nitrogen and oxygen atoms in total. The van der Waals surface area contributed by atoms with E-state index in [4.69, 9.17) is 4.99 Å². The zero-order valence-electron chi connectivity index (χ0n) is 14.1. The first-order valence-electron chi connectivity index (χ1n) is 8.63. The van der Waals surface area contributed by atoms with E-state index in [1.54, 1.807) is 18.0 Å². The van der Waals surface area contributed by atoms with Gasteiger partial charge in [0.1, 0.15) is 5.84 Å². The molecule has 1 saturated carbocycles. The maximum absolute atomic E-state index is 12.7. The first kappa shape index (κ1) is 16.0. The van der Waals surface area contributed by atoms with Crippen molar-refractivity contribution in [1.29, 1.82) is 0 Å². The number of fused-ring (bicyclic) bond motifs is 1. The van der Waals surface area contributed by atoms with Crippen molar-refractivity contribution >= 4 is 17.8 Å². The van der Waals surface area contributed by atoms with Crippen LogP contribution in [0.2, 0.25) is 0 Å². The minimum atomic E-state index is -0.402. The summed E-state index contributed by atoms with van der Waals surface area (Å²) in [6.07, 6.45) is 7.29. The van der Waals surface area contributed by atoms with Crippen LogP contribution in [0.4, 0.5) is 4.79 Å². The van der Waals surface area contributed by atoms with Crippen LogP contribution < -0.4 is 0 Å². The highest BCUT2D eigenvalue weighted by atomic mass is 16.2. The Morgan fingerprint density at radius 3 is 2.52 bits per heavy atom. The molecular weight excluding hydrogens is 292 g/mol. The topological polar surface area (TPSA) is 56.2 Å². The second-order valence-electron chi connectivity index (χ2n) is 6.59. The standard InChI is InChI=1S/C17H26N4O2/c1-4-11-21-15-13(16(22)19(3)17(21)23)20(5-2)14(18-15)12-9-7-6-8-10-12/h4,12-13,15H,1,5-11H2,2-3H3. The second kappa shape index (κ2) is 6.34. The number of hydrogen-bond acceptors (Lipinski definition) is 4. The molecule has 0 aromatic heterocycles. The summed E-state index contributed by atoms with van der Waals surface area (Å²) in [4.78, 5) is 35.0. The fourth-order valence-corrected chi connectivity index (χ4v) is 4.07. The minimum Gasteiger partial charge on any atom is -0.345 e. The van der Waals surface area contributed by atoms with Crippen LogP contribution in [-0.2, 0) is 4.79 Å². The van der Waals surface area contributed by atoms with Crippen LogP contribution in [0.1, 0.15) is 39.0 Å². The van der Waals surface area contributed by atoms with Crippen molar-refractivity contribution in [3.63, 3.8) is 0 Å². The first-order valence-corrected chi connectivity index (χ1v) is 8.63. The number of amidine groups is 1. The molecule has 126 valence electrons. The Bertz CT molecular complexity index is 539. The zero-order valence-corrected chi connectivity index (χ0v) is 14.1. The van der Waals surface area contributed by atoms with Crippen LogP contribution in [-0.4, -0.2) is 64.8 Å². The highest BCUT2D eigenvalue weighted by Crippen LogP contribution is 2.34. The Morgan fingerprint density at radius 1 is 1.22 bits per heavy atom. The second-order valence-corrected chi connectivity index (χ2v) is 6.59. The van der Waals surface area contributed by atoms with E-state index in [1.165, 1.54) is 24.2 Å². The molecule has 0 radical (unpaired) electrons. The van der Waals surface area contributed by atoms with Crippen molar-refractivity contribution < 1.29 is 9.59 Å². The average molecular weight is 318 g/mol. The Morgan fingerprint density at radius 2 is 1.91 bits per heavy atom. The number of rotatable bonds is 4. The fourth-order valence-electron chi connectivity index (χ4n) is 4.07. The van der Waals surface area contributed by atoms with Gasteiger partial charge in [0.2, 0.25) is 0 Å². The van der Waals surface area contributed by atoms with Crippen LogP contribution >= 0.6 is 0 Å². The van der Waals surface area contributed by atoms with E-state index in [-0.39, 0.29) is 18.0 Å². The number of imide groups is 1. The molecule has 23 heavy (non-hydrogen) atoms. The van der Waals surface area contributed by atoms with Crippen LogP contribution in [0.15, 0.2) is 17.6 Å². The lowest BCUT2D eigenvalue weighted by molar-refractivity contribution is -0.136. The molecule has 1 aliphatic carbocycles. The molecule has 0 spiro atoms. The van der Waals surface area contributed by atoms with Crippen molar-refractivity contribution in [2.45, 2.75) is 51.2 Å². The van der Waals surface area contributed by atoms with Gasteiger partial charge in [-0.05, 0) is 19.8 Å². The molecule has 0 aromatic rings. The molecule has 0 N–H and O–H groups in total. The number of carbonyl (C=O) groups excluding carboxylic acids is 2. The molecule has 2 atom stereocenters. The van der Waals surface area contributed by atoms with Gasteiger partial charge >= 0.3 is 6.03 Å². The molecule has 3 rings (SSSR count). The van der Waals surface area contributed by atoms with Crippen LogP contribution in [0.5, 0.6) is 0 Å². The Labute approximate surface area is 137 Å². The number of nitrogens with zero attached hydrogens (tertiary/aromatic N) is 4. The number of urea groups is 1. The minimum absolute atomic E-state index is 0.142. The summed E-state index contributed by atoms with van der Waals surface area (Å²) in [5.74, 6) is 1.32. The predicted octanol–water partition coefficient (Wildman–Crippen LogP) is 2.08. The van der Waals surface area contributed by atoms with E-state index in [9.17, 15) is 9.59 Å². The van der Waals surface area contributed by atoms with Crippen molar-refractivity contribution in [2.24, 2.45) is 10.9 Å². The average Bonchev–Trinajstić information content (AvgIpc) is 2.97. The van der Waals surface area contributed by atoms with E-state index < -0.39 is 6.17 Å². The number of likely N-dealkylation sites (N-methyl/N-ethyl adjacent to an activating group) is 2. The van der Waals surface area contributed by atoms with E-state index in [2.05, 4.69) is 18.4 Å². The van der Waals surface area contributed by atoms with E-state index in [0.29, 0.717) is 12.5 Å². The lowest BCUT2D eigenvalue weighted by Gasteiger charge is -2.41. The molecular formula is C17H26N4O2. The summed E-state index contributed by atoms with van der Waals surface area (Å²) in [7, 11) is 1.56. The molecule has 2 unspecified atom stereocenters. The third-order valence-corrected chi connectivity index (χ3v) is 5.25. The van der Waals surface area contributed by atoms with Crippen LogP contribution in [0.25, 0.3) is 0 Å². The third-order valence-electron chi connectivity index (χ3n) is 5.25. The number of aliphatic imine (C=N–C) groups is 1. The maximum Gasteiger partial charge on any atom is 0.328 e. The van der Waals surface area contributed by atoms with E-state index >= 15 is 0 Å². The molecule has 0 bridgehead atoms. The molecule has 3 aliphatic rings. The Balaban J connectivity index is 1.95. The summed E-state index contributed by atoms with van der Waals surface area (Å²) >= 11 is 0. The van der Waals surface area contributed by atoms with Gasteiger partial charge in [-0.15, -0.1) is 6.58 Å². The van der Waals surface area contributed by atoms with E-state index in [1.807, 2.05) is 0 Å². The van der Waals surface area contributed by atoms with Crippen LogP contribution in [0, 0.1) is 5.92 Å². The Kier molecular flexibility index (Phi) is 4.41. The van der Waals surface area contributed by atoms with Crippen molar-refractivity contribution in [1.82, 2.24) is 14.7 Å². The zero-order chi connectivity index (χ0) is 16.6. The summed E-state index contributed by atoms with van der Waals surface area (Å²) in [5.41, 5.74) is 0. The quantitative estimate of drug-likeness (QED) is 0.746. The summed E-state index contributed by atoms with van der Waals surface area (Å²) in [6.45, 7) is 6.95. The van der Waals surface area contributed by atoms with Crippen LogP contribution in [0.3, 0.4) is 0 Å². The smallest absolute Gasteiger partial charge is 0.328 e. The van der Waals surface area contributed by atoms with Crippen molar-refractivity contribution in [3.8, 4) is 0 Å². The lowest BCUT2D eigenvalue weighted by atomic mass is 9.88. The monoisotopic (exact) mass is 318 g/mol. The molecule has 3 amide bonds. The number of amides is 3.